The van der Waals surface area contributed by atoms with Crippen molar-refractivity contribution in [2.45, 2.75) is 13.8 Å². The fourth-order valence-corrected chi connectivity index (χ4v) is 2.65. The lowest BCUT2D eigenvalue weighted by Gasteiger charge is -2.34. The number of ether oxygens (including phenoxy) is 2. The van der Waals surface area contributed by atoms with Gasteiger partial charge in [0.05, 0.1) is 14.2 Å². The third-order valence-corrected chi connectivity index (χ3v) is 4.07. The van der Waals surface area contributed by atoms with Crippen molar-refractivity contribution < 1.29 is 14.3 Å². The Hall–Kier alpha value is -1.75. The summed E-state index contributed by atoms with van der Waals surface area (Å²) < 4.78 is 10.6. The van der Waals surface area contributed by atoms with E-state index in [9.17, 15) is 4.79 Å². The van der Waals surface area contributed by atoms with Crippen molar-refractivity contribution >= 4 is 5.91 Å². The summed E-state index contributed by atoms with van der Waals surface area (Å²) in [5, 5.41) is 0. The largest absolute Gasteiger partial charge is 0.493 e. The highest BCUT2D eigenvalue weighted by Gasteiger charge is 2.23. The third-order valence-electron chi connectivity index (χ3n) is 4.07. The molecule has 1 heterocycles. The molecule has 0 saturated carbocycles. The SMILES string of the molecule is CCN1CCN(C(=O)c2cc(OC)c(OC)cc2C)CC1. The lowest BCUT2D eigenvalue weighted by Crippen LogP contribution is -2.48. The molecule has 2 rings (SSSR count). The molecule has 0 aliphatic carbocycles. The number of carbonyl (C=O) groups excluding carboxylic acids is 1. The number of rotatable bonds is 4. The van der Waals surface area contributed by atoms with Crippen molar-refractivity contribution in [2.24, 2.45) is 0 Å². The van der Waals surface area contributed by atoms with Gasteiger partial charge in [-0.05, 0) is 31.2 Å². The first-order valence-corrected chi connectivity index (χ1v) is 7.35. The van der Waals surface area contributed by atoms with Gasteiger partial charge in [0.15, 0.2) is 11.5 Å². The summed E-state index contributed by atoms with van der Waals surface area (Å²) in [5.74, 6) is 1.32. The first-order valence-electron chi connectivity index (χ1n) is 7.35. The molecule has 1 saturated heterocycles. The van der Waals surface area contributed by atoms with Gasteiger partial charge >= 0.3 is 0 Å². The Kier molecular flexibility index (Phi) is 5.07. The van der Waals surface area contributed by atoms with E-state index in [-0.39, 0.29) is 5.91 Å². The normalized spacial score (nSPS) is 15.9. The minimum absolute atomic E-state index is 0.0733. The van der Waals surface area contributed by atoms with E-state index in [1.165, 1.54) is 0 Å². The number of benzene rings is 1. The fourth-order valence-electron chi connectivity index (χ4n) is 2.65. The predicted octanol–water partition coefficient (Wildman–Crippen LogP) is 1.79. The van der Waals surface area contributed by atoms with E-state index in [2.05, 4.69) is 11.8 Å². The molecule has 1 aromatic carbocycles. The summed E-state index contributed by atoms with van der Waals surface area (Å²) in [7, 11) is 3.18. The maximum Gasteiger partial charge on any atom is 0.254 e. The number of amides is 1. The average Bonchev–Trinajstić information content (AvgIpc) is 2.54. The van der Waals surface area contributed by atoms with Gasteiger partial charge in [-0.3, -0.25) is 4.79 Å². The van der Waals surface area contributed by atoms with Crippen molar-refractivity contribution in [3.8, 4) is 11.5 Å². The van der Waals surface area contributed by atoms with Gasteiger partial charge in [0, 0.05) is 31.7 Å². The topological polar surface area (TPSA) is 42.0 Å². The zero-order valence-corrected chi connectivity index (χ0v) is 13.3. The van der Waals surface area contributed by atoms with Crippen molar-refractivity contribution in [1.82, 2.24) is 9.80 Å². The second-order valence-corrected chi connectivity index (χ2v) is 5.25. The summed E-state index contributed by atoms with van der Waals surface area (Å²) in [5.41, 5.74) is 1.60. The van der Waals surface area contributed by atoms with Crippen LogP contribution in [0.15, 0.2) is 12.1 Å². The lowest BCUT2D eigenvalue weighted by molar-refractivity contribution is 0.0642. The molecule has 1 amide bonds. The van der Waals surface area contributed by atoms with E-state index >= 15 is 0 Å². The van der Waals surface area contributed by atoms with Crippen LogP contribution >= 0.6 is 0 Å². The number of methoxy groups -OCH3 is 2. The minimum Gasteiger partial charge on any atom is -0.493 e. The van der Waals surface area contributed by atoms with Gasteiger partial charge in [-0.25, -0.2) is 0 Å². The number of nitrogens with zero attached hydrogens (tertiary/aromatic N) is 2. The van der Waals surface area contributed by atoms with Crippen LogP contribution in [0, 0.1) is 6.92 Å². The Balaban J connectivity index is 2.19. The number of piperazine rings is 1. The second-order valence-electron chi connectivity index (χ2n) is 5.25. The van der Waals surface area contributed by atoms with E-state index in [0.29, 0.717) is 17.1 Å². The van der Waals surface area contributed by atoms with Gasteiger partial charge in [-0.15, -0.1) is 0 Å². The molecule has 5 nitrogen and oxygen atoms in total. The molecule has 0 radical (unpaired) electrons. The van der Waals surface area contributed by atoms with E-state index in [1.54, 1.807) is 20.3 Å². The van der Waals surface area contributed by atoms with Crippen LogP contribution in [0.3, 0.4) is 0 Å². The zero-order chi connectivity index (χ0) is 15.4. The molecule has 1 aromatic rings. The van der Waals surface area contributed by atoms with E-state index < -0.39 is 0 Å². The van der Waals surface area contributed by atoms with Crippen LogP contribution in [0.5, 0.6) is 11.5 Å². The summed E-state index contributed by atoms with van der Waals surface area (Å²) in [6.07, 6.45) is 0. The van der Waals surface area contributed by atoms with E-state index in [0.717, 1.165) is 38.3 Å². The summed E-state index contributed by atoms with van der Waals surface area (Å²) in [6, 6.07) is 3.64. The Labute approximate surface area is 126 Å². The number of aryl methyl sites for hydroxylation is 1. The molecule has 1 aliphatic heterocycles. The van der Waals surface area contributed by atoms with E-state index in [1.807, 2.05) is 17.9 Å². The molecule has 0 bridgehead atoms. The van der Waals surface area contributed by atoms with Gasteiger partial charge in [-0.2, -0.15) is 0 Å². The highest BCUT2D eigenvalue weighted by Crippen LogP contribution is 2.30. The van der Waals surface area contributed by atoms with Crippen LogP contribution in [0.4, 0.5) is 0 Å². The van der Waals surface area contributed by atoms with E-state index in [4.69, 9.17) is 9.47 Å². The zero-order valence-electron chi connectivity index (χ0n) is 13.3. The molecule has 0 unspecified atom stereocenters. The molecule has 116 valence electrons. The molecule has 0 atom stereocenters. The van der Waals surface area contributed by atoms with Crippen LogP contribution in [0.25, 0.3) is 0 Å². The lowest BCUT2D eigenvalue weighted by atomic mass is 10.1. The van der Waals surface area contributed by atoms with Crippen molar-refractivity contribution in [2.75, 3.05) is 46.9 Å². The van der Waals surface area contributed by atoms with Crippen LogP contribution in [-0.4, -0.2) is 62.7 Å². The van der Waals surface area contributed by atoms with Gasteiger partial charge in [0.1, 0.15) is 0 Å². The first-order chi connectivity index (χ1) is 10.1. The highest BCUT2D eigenvalue weighted by molar-refractivity contribution is 5.96. The highest BCUT2D eigenvalue weighted by atomic mass is 16.5. The Morgan fingerprint density at radius 1 is 1.10 bits per heavy atom. The monoisotopic (exact) mass is 292 g/mol. The molecule has 1 fully saturated rings. The van der Waals surface area contributed by atoms with Crippen molar-refractivity contribution in [1.29, 1.82) is 0 Å². The van der Waals surface area contributed by atoms with Crippen molar-refractivity contribution in [3.05, 3.63) is 23.3 Å². The molecule has 1 aliphatic rings. The minimum atomic E-state index is 0.0733. The molecular weight excluding hydrogens is 268 g/mol. The summed E-state index contributed by atoms with van der Waals surface area (Å²) in [6.45, 7) is 8.55. The Morgan fingerprint density at radius 3 is 2.19 bits per heavy atom. The first kappa shape index (κ1) is 15.6. The standard InChI is InChI=1S/C16H24N2O3/c1-5-17-6-8-18(9-7-17)16(19)13-11-15(21-4)14(20-3)10-12(13)2/h10-11H,5-9H2,1-4H3. The van der Waals surface area contributed by atoms with Crippen LogP contribution < -0.4 is 9.47 Å². The van der Waals surface area contributed by atoms with Gasteiger partial charge in [0.25, 0.3) is 5.91 Å². The summed E-state index contributed by atoms with van der Waals surface area (Å²) in [4.78, 5) is 17.0. The predicted molar refractivity (Wildman–Crippen MR) is 82.3 cm³/mol. The average molecular weight is 292 g/mol. The molecule has 0 N–H and O–H groups in total. The van der Waals surface area contributed by atoms with Gasteiger partial charge < -0.3 is 19.3 Å². The quantitative estimate of drug-likeness (QED) is 0.848. The second kappa shape index (κ2) is 6.80. The van der Waals surface area contributed by atoms with Gasteiger partial charge in [0.2, 0.25) is 0 Å². The molecule has 0 aromatic heterocycles. The van der Waals surface area contributed by atoms with Crippen LogP contribution in [0.2, 0.25) is 0 Å². The maximum absolute atomic E-state index is 12.7. The molecule has 0 spiro atoms. The van der Waals surface area contributed by atoms with Crippen LogP contribution in [0.1, 0.15) is 22.8 Å². The third kappa shape index (κ3) is 3.29. The molecule has 21 heavy (non-hydrogen) atoms. The smallest absolute Gasteiger partial charge is 0.254 e. The molecular formula is C16H24N2O3. The maximum atomic E-state index is 12.7. The number of hydrogen-bond donors (Lipinski definition) is 0. The number of likely N-dealkylation sites (N-methyl/N-ethyl adjacent to an activating group) is 1. The van der Waals surface area contributed by atoms with Crippen molar-refractivity contribution in [3.63, 3.8) is 0 Å². The fraction of sp³-hybridized carbons (Fsp3) is 0.562. The molecule has 5 heteroatoms. The van der Waals surface area contributed by atoms with Crippen LogP contribution in [-0.2, 0) is 0 Å². The van der Waals surface area contributed by atoms with Gasteiger partial charge in [-0.1, -0.05) is 6.92 Å². The number of carbonyl (C=O) groups is 1. The Morgan fingerprint density at radius 2 is 1.67 bits per heavy atom. The Bertz CT molecular complexity index is 508. The summed E-state index contributed by atoms with van der Waals surface area (Å²) >= 11 is 0. The number of hydrogen-bond acceptors (Lipinski definition) is 4.